The van der Waals surface area contributed by atoms with Crippen molar-refractivity contribution in [1.29, 1.82) is 0 Å². The zero-order valence-electron chi connectivity index (χ0n) is 18.8. The third-order valence-corrected chi connectivity index (χ3v) is 7.03. The Balaban J connectivity index is 2.29. The highest BCUT2D eigenvalue weighted by atomic mass is 15.2. The summed E-state index contributed by atoms with van der Waals surface area (Å²) in [5.41, 5.74) is 59.1. The molecule has 18 nitrogen and oxygen atoms in total. The van der Waals surface area contributed by atoms with Gasteiger partial charge >= 0.3 is 0 Å². The maximum absolute atomic E-state index is 9.32. The fourth-order valence-corrected chi connectivity index (χ4v) is 5.90. The first-order chi connectivity index (χ1) is 17.6. The Bertz CT molecular complexity index is 1080. The number of azide groups is 6. The van der Waals surface area contributed by atoms with Gasteiger partial charge in [-0.15, -0.1) is 0 Å². The predicted molar refractivity (Wildman–Crippen MR) is 125 cm³/mol. The minimum absolute atomic E-state index is 0.354. The number of nitrogens with zero attached hydrogens (tertiary/aromatic N) is 18. The SMILES string of the molecule is [N-]=[N+]=N[C@@H]1CC[C@@H](N=[N+]=[N-])c2c1c1c(c3c2[C@H](N=[N+]=[N-])CC[C@H]3N=[N+]=[N-])[C@H](N=[N+]=[N-])CC[C@H]1N=[N+]=[N-]. The predicted octanol–water partition coefficient (Wildman–Crippen LogP) is 9.18. The van der Waals surface area contributed by atoms with E-state index in [4.69, 9.17) is 0 Å². The maximum atomic E-state index is 9.32. The van der Waals surface area contributed by atoms with Crippen molar-refractivity contribution < 1.29 is 0 Å². The molecule has 36 heavy (non-hydrogen) atoms. The van der Waals surface area contributed by atoms with E-state index in [2.05, 4.69) is 60.2 Å². The average Bonchev–Trinajstić information content (AvgIpc) is 2.88. The molecule has 18 heteroatoms. The van der Waals surface area contributed by atoms with E-state index in [-0.39, 0.29) is 0 Å². The Morgan fingerprint density at radius 1 is 0.333 bits per heavy atom. The molecule has 0 fully saturated rings. The van der Waals surface area contributed by atoms with Crippen LogP contribution in [-0.4, -0.2) is 0 Å². The molecule has 0 unspecified atom stereocenters. The van der Waals surface area contributed by atoms with Gasteiger partial charge in [-0.2, -0.15) is 0 Å². The number of benzene rings is 1. The highest BCUT2D eigenvalue weighted by molar-refractivity contribution is 5.61. The molecule has 0 saturated heterocycles. The van der Waals surface area contributed by atoms with Gasteiger partial charge < -0.3 is 0 Å². The first kappa shape index (κ1) is 24.2. The van der Waals surface area contributed by atoms with Crippen LogP contribution < -0.4 is 0 Å². The quantitative estimate of drug-likeness (QED) is 0.206. The zero-order valence-corrected chi connectivity index (χ0v) is 18.8. The topological polar surface area (TPSA) is 293 Å². The molecule has 0 spiro atoms. The lowest BCUT2D eigenvalue weighted by molar-refractivity contribution is 0.423. The van der Waals surface area contributed by atoms with Crippen LogP contribution in [0, 0.1) is 0 Å². The Morgan fingerprint density at radius 2 is 0.472 bits per heavy atom. The van der Waals surface area contributed by atoms with Gasteiger partial charge in [0.05, 0.1) is 36.3 Å². The van der Waals surface area contributed by atoms with Crippen LogP contribution in [0.5, 0.6) is 0 Å². The van der Waals surface area contributed by atoms with E-state index in [0.717, 1.165) is 0 Å². The van der Waals surface area contributed by atoms with Gasteiger partial charge in [0.25, 0.3) is 0 Å². The van der Waals surface area contributed by atoms with Gasteiger partial charge in [-0.1, -0.05) is 30.7 Å². The summed E-state index contributed by atoms with van der Waals surface area (Å²) in [5.74, 6) is 0. The lowest BCUT2D eigenvalue weighted by Gasteiger charge is -2.43. The van der Waals surface area contributed by atoms with Crippen LogP contribution in [0.25, 0.3) is 62.7 Å². The second-order valence-electron chi connectivity index (χ2n) is 8.54. The van der Waals surface area contributed by atoms with Crippen LogP contribution in [0.2, 0.25) is 0 Å². The van der Waals surface area contributed by atoms with Crippen molar-refractivity contribution >= 4 is 0 Å². The summed E-state index contributed by atoms with van der Waals surface area (Å²) in [6, 6.07) is -4.16. The molecule has 4 rings (SSSR count). The van der Waals surface area contributed by atoms with Gasteiger partial charge in [-0.3, -0.25) is 0 Å². The Hall–Kier alpha value is -4.92. The molecule has 0 radical (unpaired) electrons. The Morgan fingerprint density at radius 3 is 0.583 bits per heavy atom. The van der Waals surface area contributed by atoms with E-state index in [9.17, 15) is 33.2 Å². The molecule has 0 bridgehead atoms. The summed E-state index contributed by atoms with van der Waals surface area (Å²) in [4.78, 5) is 18.0. The first-order valence-corrected chi connectivity index (χ1v) is 11.1. The highest BCUT2D eigenvalue weighted by Gasteiger charge is 2.44. The lowest BCUT2D eigenvalue weighted by Crippen LogP contribution is -2.29. The van der Waals surface area contributed by atoms with Crippen molar-refractivity contribution in [2.45, 2.75) is 74.8 Å². The van der Waals surface area contributed by atoms with E-state index in [1.165, 1.54) is 0 Å². The Labute approximate surface area is 202 Å². The summed E-state index contributed by atoms with van der Waals surface area (Å²) in [7, 11) is 0. The van der Waals surface area contributed by atoms with Gasteiger partial charge in [-0.25, -0.2) is 0 Å². The first-order valence-electron chi connectivity index (χ1n) is 11.1. The fraction of sp³-hybridized carbons (Fsp3) is 0.667. The van der Waals surface area contributed by atoms with Crippen LogP contribution in [-0.2, 0) is 0 Å². The van der Waals surface area contributed by atoms with Crippen LogP contribution in [0.1, 0.15) is 108 Å². The van der Waals surface area contributed by atoms with Crippen LogP contribution >= 0.6 is 0 Å². The van der Waals surface area contributed by atoms with E-state index in [1.54, 1.807) is 0 Å². The molecular weight excluding hydrogens is 468 g/mol. The Kier molecular flexibility index (Phi) is 7.10. The second-order valence-corrected chi connectivity index (χ2v) is 8.54. The lowest BCUT2D eigenvalue weighted by atomic mass is 9.66. The standard InChI is InChI=1S/C18H18N18/c19-31-25-7-1-2-8(26-32-20)14-13(7)15-9(27-33-21)3-4-11(29-35-23)17(15)18-12(30-36-24)6-5-10(16(14)18)28-34-22/h7-12H,1-6H2/t7-,8-,9-,10-,11-,12-/m1/s1. The minimum atomic E-state index is -0.693. The van der Waals surface area contributed by atoms with E-state index >= 15 is 0 Å². The molecule has 3 aliphatic carbocycles. The number of hydrogen-bond donors (Lipinski definition) is 0. The van der Waals surface area contributed by atoms with E-state index in [1.807, 2.05) is 0 Å². The largest absolute Gasteiger partial charge is 0.0859 e. The summed E-state index contributed by atoms with van der Waals surface area (Å²) < 4.78 is 0. The summed E-state index contributed by atoms with van der Waals surface area (Å²) in [5, 5.41) is 23.9. The summed E-state index contributed by atoms with van der Waals surface area (Å²) in [6.07, 6.45) is 2.13. The van der Waals surface area contributed by atoms with E-state index in [0.29, 0.717) is 71.9 Å². The third kappa shape index (κ3) is 3.96. The molecule has 0 aromatic heterocycles. The molecule has 1 aromatic carbocycles. The number of fused-ring (bicyclic) bond motifs is 6. The van der Waals surface area contributed by atoms with Crippen molar-refractivity contribution in [2.75, 3.05) is 0 Å². The van der Waals surface area contributed by atoms with Gasteiger partial charge in [0.1, 0.15) is 0 Å². The van der Waals surface area contributed by atoms with E-state index < -0.39 is 36.3 Å². The molecule has 180 valence electrons. The molecular formula is C18H18N18. The third-order valence-electron chi connectivity index (χ3n) is 7.03. The molecule has 0 N–H and O–H groups in total. The van der Waals surface area contributed by atoms with Gasteiger partial charge in [0.15, 0.2) is 0 Å². The van der Waals surface area contributed by atoms with Crippen molar-refractivity contribution in [3.05, 3.63) is 96.0 Å². The van der Waals surface area contributed by atoms with Gasteiger partial charge in [0, 0.05) is 29.5 Å². The molecule has 6 atom stereocenters. The van der Waals surface area contributed by atoms with Gasteiger partial charge in [0.2, 0.25) is 0 Å². The number of hydrogen-bond acceptors (Lipinski definition) is 6. The molecule has 0 aliphatic heterocycles. The normalized spacial score (nSPS) is 27.3. The smallest absolute Gasteiger partial charge is 0.0631 e. The number of rotatable bonds is 6. The molecule has 0 heterocycles. The minimum Gasteiger partial charge on any atom is -0.0859 e. The summed E-state index contributed by atoms with van der Waals surface area (Å²) in [6.45, 7) is 0. The van der Waals surface area contributed by atoms with Crippen LogP contribution in [0.3, 0.4) is 0 Å². The highest BCUT2D eigenvalue weighted by Crippen LogP contribution is 2.58. The monoisotopic (exact) mass is 486 g/mol. The fourth-order valence-electron chi connectivity index (χ4n) is 5.90. The maximum Gasteiger partial charge on any atom is 0.0631 e. The van der Waals surface area contributed by atoms with Crippen molar-refractivity contribution in [2.24, 2.45) is 30.7 Å². The zero-order chi connectivity index (χ0) is 25.7. The molecule has 0 amide bonds. The average molecular weight is 486 g/mol. The second kappa shape index (κ2) is 10.6. The summed E-state index contributed by atoms with van der Waals surface area (Å²) >= 11 is 0. The van der Waals surface area contributed by atoms with Crippen LogP contribution in [0.15, 0.2) is 30.7 Å². The van der Waals surface area contributed by atoms with Crippen LogP contribution in [0.4, 0.5) is 0 Å². The molecule has 3 aliphatic rings. The van der Waals surface area contributed by atoms with Crippen molar-refractivity contribution in [3.63, 3.8) is 0 Å². The molecule has 1 aromatic rings. The molecule has 0 saturated carbocycles. The van der Waals surface area contributed by atoms with Gasteiger partial charge in [-0.05, 0) is 105 Å². The van der Waals surface area contributed by atoms with Crippen molar-refractivity contribution in [1.82, 2.24) is 0 Å². The van der Waals surface area contributed by atoms with Crippen molar-refractivity contribution in [3.8, 4) is 0 Å².